The van der Waals surface area contributed by atoms with E-state index in [9.17, 15) is 4.79 Å². The maximum absolute atomic E-state index is 13.1. The van der Waals surface area contributed by atoms with E-state index in [1.807, 2.05) is 52.9 Å². The number of nitrogens with one attached hydrogen (secondary N) is 1. The normalized spacial score (nSPS) is 15.6. The molecular weight excluding hydrogens is 390 g/mol. The molecule has 0 aliphatic carbocycles. The van der Waals surface area contributed by atoms with Crippen molar-refractivity contribution in [1.29, 1.82) is 0 Å². The van der Waals surface area contributed by atoms with Crippen LogP contribution in [0, 0.1) is 0 Å². The summed E-state index contributed by atoms with van der Waals surface area (Å²) in [5.74, 6) is 1.65. The molecule has 0 radical (unpaired) electrons. The van der Waals surface area contributed by atoms with E-state index in [1.54, 1.807) is 21.3 Å². The summed E-state index contributed by atoms with van der Waals surface area (Å²) in [7, 11) is 4.75. The summed E-state index contributed by atoms with van der Waals surface area (Å²) in [6, 6.07) is 11.2. The SMILES string of the molecule is COc1cc(C2c3cccn3CCN2C(=O)Nc2cccs2)cc(OC)c1OC. The van der Waals surface area contributed by atoms with E-state index in [0.29, 0.717) is 23.8 Å². The van der Waals surface area contributed by atoms with Gasteiger partial charge in [0.05, 0.1) is 32.4 Å². The van der Waals surface area contributed by atoms with Crippen LogP contribution in [0.1, 0.15) is 17.3 Å². The number of hydrogen-bond acceptors (Lipinski definition) is 5. The number of thiophene rings is 1. The average Bonchev–Trinajstić information content (AvgIpc) is 3.43. The largest absolute Gasteiger partial charge is 0.493 e. The third-order valence-corrected chi connectivity index (χ3v) is 5.84. The number of urea groups is 1. The Kier molecular flexibility index (Phi) is 5.35. The third-order valence-electron chi connectivity index (χ3n) is 5.05. The fourth-order valence-electron chi connectivity index (χ4n) is 3.74. The van der Waals surface area contributed by atoms with E-state index < -0.39 is 0 Å². The molecule has 3 aromatic rings. The third kappa shape index (κ3) is 3.51. The van der Waals surface area contributed by atoms with Crippen molar-refractivity contribution < 1.29 is 19.0 Å². The van der Waals surface area contributed by atoms with Crippen LogP contribution in [0.2, 0.25) is 0 Å². The minimum absolute atomic E-state index is 0.140. The van der Waals surface area contributed by atoms with Crippen molar-refractivity contribution in [1.82, 2.24) is 9.47 Å². The maximum Gasteiger partial charge on any atom is 0.323 e. The number of hydrogen-bond donors (Lipinski definition) is 1. The van der Waals surface area contributed by atoms with Gasteiger partial charge in [0.25, 0.3) is 0 Å². The number of anilines is 1. The van der Waals surface area contributed by atoms with Gasteiger partial charge in [0.1, 0.15) is 0 Å². The highest BCUT2D eigenvalue weighted by Gasteiger charge is 2.33. The Balaban J connectivity index is 1.78. The summed E-state index contributed by atoms with van der Waals surface area (Å²) in [5.41, 5.74) is 1.92. The fraction of sp³-hybridized carbons (Fsp3) is 0.286. The molecule has 2 amide bonds. The van der Waals surface area contributed by atoms with Crippen molar-refractivity contribution >= 4 is 22.4 Å². The topological polar surface area (TPSA) is 65.0 Å². The van der Waals surface area contributed by atoms with Gasteiger partial charge in [-0.25, -0.2) is 4.79 Å². The van der Waals surface area contributed by atoms with Crippen molar-refractivity contribution in [2.24, 2.45) is 0 Å². The van der Waals surface area contributed by atoms with Crippen LogP contribution in [0.15, 0.2) is 48.0 Å². The monoisotopic (exact) mass is 413 g/mol. The molecule has 1 unspecified atom stereocenters. The molecule has 1 N–H and O–H groups in total. The van der Waals surface area contributed by atoms with Gasteiger partial charge in [-0.15, -0.1) is 11.3 Å². The zero-order valence-corrected chi connectivity index (χ0v) is 17.4. The minimum atomic E-state index is -0.285. The van der Waals surface area contributed by atoms with Crippen molar-refractivity contribution in [2.75, 3.05) is 33.2 Å². The number of nitrogens with zero attached hydrogens (tertiary/aromatic N) is 2. The number of methoxy groups -OCH3 is 3. The Bertz CT molecular complexity index is 974. The molecule has 3 heterocycles. The molecule has 1 aromatic carbocycles. The van der Waals surface area contributed by atoms with E-state index in [4.69, 9.17) is 14.2 Å². The van der Waals surface area contributed by atoms with Gasteiger partial charge in [0.15, 0.2) is 11.5 Å². The molecule has 7 nitrogen and oxygen atoms in total. The zero-order chi connectivity index (χ0) is 20.4. The van der Waals surface area contributed by atoms with Crippen molar-refractivity contribution in [3.8, 4) is 17.2 Å². The van der Waals surface area contributed by atoms with E-state index in [0.717, 1.165) is 22.8 Å². The van der Waals surface area contributed by atoms with Crippen LogP contribution < -0.4 is 19.5 Å². The predicted molar refractivity (Wildman–Crippen MR) is 112 cm³/mol. The highest BCUT2D eigenvalue weighted by Crippen LogP contribution is 2.43. The second kappa shape index (κ2) is 8.08. The quantitative estimate of drug-likeness (QED) is 0.680. The van der Waals surface area contributed by atoms with Gasteiger partial charge in [0, 0.05) is 25.0 Å². The average molecular weight is 413 g/mol. The molecule has 8 heteroatoms. The highest BCUT2D eigenvalue weighted by atomic mass is 32.1. The first-order chi connectivity index (χ1) is 14.2. The van der Waals surface area contributed by atoms with Crippen LogP contribution in [0.25, 0.3) is 0 Å². The molecule has 1 aliphatic rings. The second-order valence-electron chi connectivity index (χ2n) is 6.59. The van der Waals surface area contributed by atoms with Crippen LogP contribution in [0.4, 0.5) is 9.80 Å². The summed E-state index contributed by atoms with van der Waals surface area (Å²) >= 11 is 1.50. The van der Waals surface area contributed by atoms with Crippen LogP contribution in [-0.4, -0.2) is 43.4 Å². The number of carbonyl (C=O) groups is 1. The lowest BCUT2D eigenvalue weighted by molar-refractivity contribution is 0.181. The van der Waals surface area contributed by atoms with Gasteiger partial charge in [-0.1, -0.05) is 0 Å². The number of benzene rings is 1. The van der Waals surface area contributed by atoms with Crippen molar-refractivity contribution in [3.05, 3.63) is 59.2 Å². The first-order valence-corrected chi connectivity index (χ1v) is 10.1. The molecule has 0 saturated carbocycles. The Hall–Kier alpha value is -3.13. The van der Waals surface area contributed by atoms with Crippen molar-refractivity contribution in [2.45, 2.75) is 12.6 Å². The van der Waals surface area contributed by atoms with Crippen molar-refractivity contribution in [3.63, 3.8) is 0 Å². The van der Waals surface area contributed by atoms with Gasteiger partial charge in [-0.3, -0.25) is 5.32 Å². The zero-order valence-electron chi connectivity index (χ0n) is 16.5. The Morgan fingerprint density at radius 2 is 1.83 bits per heavy atom. The Labute approximate surface area is 173 Å². The second-order valence-corrected chi connectivity index (χ2v) is 7.54. The molecule has 29 heavy (non-hydrogen) atoms. The Morgan fingerprint density at radius 1 is 1.07 bits per heavy atom. The number of aromatic nitrogens is 1. The highest BCUT2D eigenvalue weighted by molar-refractivity contribution is 7.14. The molecule has 0 saturated heterocycles. The van der Waals surface area contributed by atoms with Crippen LogP contribution in [0.3, 0.4) is 0 Å². The lowest BCUT2D eigenvalue weighted by atomic mass is 9.99. The molecule has 1 aliphatic heterocycles. The molecular formula is C21H23N3O4S. The lowest BCUT2D eigenvalue weighted by Gasteiger charge is -2.37. The summed E-state index contributed by atoms with van der Waals surface area (Å²) < 4.78 is 18.7. The number of ether oxygens (including phenoxy) is 3. The smallest absolute Gasteiger partial charge is 0.323 e. The molecule has 2 aromatic heterocycles. The molecule has 0 fully saturated rings. The molecule has 0 bridgehead atoms. The number of rotatable bonds is 5. The van der Waals surface area contributed by atoms with Gasteiger partial charge in [-0.2, -0.15) is 0 Å². The van der Waals surface area contributed by atoms with Gasteiger partial charge in [-0.05, 0) is 47.3 Å². The lowest BCUT2D eigenvalue weighted by Crippen LogP contribution is -2.44. The number of fused-ring (bicyclic) bond motifs is 1. The van der Waals surface area contributed by atoms with E-state index >= 15 is 0 Å². The van der Waals surface area contributed by atoms with Gasteiger partial charge >= 0.3 is 6.03 Å². The van der Waals surface area contributed by atoms with Crippen LogP contribution in [-0.2, 0) is 6.54 Å². The molecule has 0 spiro atoms. The Morgan fingerprint density at radius 3 is 2.45 bits per heavy atom. The predicted octanol–water partition coefficient (Wildman–Crippen LogP) is 4.21. The molecule has 1 atom stereocenters. The number of amides is 2. The first-order valence-electron chi connectivity index (χ1n) is 9.22. The summed E-state index contributed by atoms with van der Waals surface area (Å²) in [5, 5.41) is 5.76. The minimum Gasteiger partial charge on any atom is -0.493 e. The summed E-state index contributed by atoms with van der Waals surface area (Å²) in [6.07, 6.45) is 2.04. The number of carbonyl (C=O) groups excluding carboxylic acids is 1. The van der Waals surface area contributed by atoms with E-state index in [-0.39, 0.29) is 12.1 Å². The van der Waals surface area contributed by atoms with Gasteiger partial charge < -0.3 is 23.7 Å². The maximum atomic E-state index is 13.1. The molecule has 152 valence electrons. The first kappa shape index (κ1) is 19.2. The van der Waals surface area contributed by atoms with Crippen LogP contribution >= 0.6 is 11.3 Å². The summed E-state index contributed by atoms with van der Waals surface area (Å²) in [4.78, 5) is 15.0. The summed E-state index contributed by atoms with van der Waals surface area (Å²) in [6.45, 7) is 1.32. The molecule has 4 rings (SSSR count). The fourth-order valence-corrected chi connectivity index (χ4v) is 4.35. The van der Waals surface area contributed by atoms with E-state index in [2.05, 4.69) is 9.88 Å². The standard InChI is InChI=1S/C21H23N3O4S/c1-26-16-12-14(13-17(27-2)20(16)28-3)19-15-6-4-8-23(15)9-10-24(19)21(25)22-18-7-5-11-29-18/h4-8,11-13,19H,9-10H2,1-3H3,(H,22,25). The van der Waals surface area contributed by atoms with Crippen LogP contribution in [0.5, 0.6) is 17.2 Å². The van der Waals surface area contributed by atoms with Gasteiger partial charge in [0.2, 0.25) is 5.75 Å². The van der Waals surface area contributed by atoms with E-state index in [1.165, 1.54) is 11.3 Å².